The summed E-state index contributed by atoms with van der Waals surface area (Å²) in [4.78, 5) is 0. The van der Waals surface area contributed by atoms with E-state index >= 15 is 0 Å². The number of nitrogen functional groups attached to an aromatic ring is 1. The Morgan fingerprint density at radius 3 is 2.93 bits per heavy atom. The molecule has 0 unspecified atom stereocenters. The molecule has 0 bridgehead atoms. The van der Waals surface area contributed by atoms with Crippen LogP contribution in [0.1, 0.15) is 18.9 Å². The van der Waals surface area contributed by atoms with Gasteiger partial charge in [-0.1, -0.05) is 13.3 Å². The van der Waals surface area contributed by atoms with Gasteiger partial charge in [0, 0.05) is 18.8 Å². The fourth-order valence-electron chi connectivity index (χ4n) is 1.68. The number of nitrogens with one attached hydrogen (secondary N) is 1. The van der Waals surface area contributed by atoms with E-state index in [1.807, 2.05) is 13.1 Å². The van der Waals surface area contributed by atoms with E-state index in [9.17, 15) is 0 Å². The van der Waals surface area contributed by atoms with Crippen LogP contribution in [-0.2, 0) is 13.5 Å². The molecule has 15 heavy (non-hydrogen) atoms. The van der Waals surface area contributed by atoms with Gasteiger partial charge in [0.1, 0.15) is 11.5 Å². The topological polar surface area (TPSA) is 72.5 Å². The molecule has 2 heterocycles. The Bertz CT molecular complexity index is 441. The van der Waals surface area contributed by atoms with E-state index in [2.05, 4.69) is 22.2 Å². The fourth-order valence-corrected chi connectivity index (χ4v) is 1.68. The van der Waals surface area contributed by atoms with Crippen LogP contribution in [0.5, 0.6) is 0 Å². The molecule has 80 valence electrons. The molecule has 0 atom stereocenters. The van der Waals surface area contributed by atoms with Crippen molar-refractivity contribution in [1.29, 1.82) is 0 Å². The van der Waals surface area contributed by atoms with Gasteiger partial charge in [0.05, 0.1) is 5.69 Å². The molecule has 5 heteroatoms. The van der Waals surface area contributed by atoms with Gasteiger partial charge < -0.3 is 5.73 Å². The van der Waals surface area contributed by atoms with Gasteiger partial charge in [0.25, 0.3) is 0 Å². The third-order valence-electron chi connectivity index (χ3n) is 2.45. The van der Waals surface area contributed by atoms with E-state index < -0.39 is 0 Å². The van der Waals surface area contributed by atoms with Crippen LogP contribution in [0, 0.1) is 0 Å². The number of aryl methyl sites for hydroxylation is 1. The van der Waals surface area contributed by atoms with Crippen LogP contribution >= 0.6 is 0 Å². The summed E-state index contributed by atoms with van der Waals surface area (Å²) in [5.74, 6) is 0.737. The predicted molar refractivity (Wildman–Crippen MR) is 59.2 cm³/mol. The van der Waals surface area contributed by atoms with Gasteiger partial charge in [0.15, 0.2) is 0 Å². The minimum atomic E-state index is 0.737. The summed E-state index contributed by atoms with van der Waals surface area (Å²) in [6.45, 7) is 2.13. The summed E-state index contributed by atoms with van der Waals surface area (Å²) in [6, 6.07) is 1.90. The minimum Gasteiger partial charge on any atom is -0.384 e. The quantitative estimate of drug-likeness (QED) is 0.794. The van der Waals surface area contributed by atoms with E-state index in [1.54, 1.807) is 10.9 Å². The number of nitrogens with two attached hydrogens (primary N) is 1. The number of H-pyrrole nitrogens is 1. The van der Waals surface area contributed by atoms with Crippen LogP contribution < -0.4 is 5.73 Å². The highest BCUT2D eigenvalue weighted by atomic mass is 15.3. The number of nitrogens with zero attached hydrogens (tertiary/aromatic N) is 3. The van der Waals surface area contributed by atoms with Crippen LogP contribution in [0.25, 0.3) is 11.4 Å². The van der Waals surface area contributed by atoms with E-state index in [4.69, 9.17) is 5.73 Å². The zero-order valence-corrected chi connectivity index (χ0v) is 8.99. The average molecular weight is 205 g/mol. The molecule has 2 aromatic heterocycles. The lowest BCUT2D eigenvalue weighted by Gasteiger charge is -1.99. The molecule has 0 aliphatic carbocycles. The molecule has 0 aromatic carbocycles. The van der Waals surface area contributed by atoms with E-state index in [0.717, 1.165) is 35.6 Å². The molecular formula is C10H15N5. The molecule has 0 radical (unpaired) electrons. The summed E-state index contributed by atoms with van der Waals surface area (Å²) in [6.07, 6.45) is 3.71. The third-order valence-corrected chi connectivity index (χ3v) is 2.45. The number of aromatic amines is 1. The Labute approximate surface area is 88.3 Å². The van der Waals surface area contributed by atoms with Crippen molar-refractivity contribution in [2.24, 2.45) is 7.05 Å². The van der Waals surface area contributed by atoms with Crippen molar-refractivity contribution in [1.82, 2.24) is 20.0 Å². The summed E-state index contributed by atoms with van der Waals surface area (Å²) < 4.78 is 1.71. The standard InChI is InChI=1S/C10H15N5/c1-3-4-7-9(8-5-6-12-13-8)14-15(2)10(7)11/h5-6H,3-4,11H2,1-2H3,(H,12,13). The minimum absolute atomic E-state index is 0.737. The summed E-state index contributed by atoms with van der Waals surface area (Å²) in [5, 5.41) is 11.2. The lowest BCUT2D eigenvalue weighted by Crippen LogP contribution is -1.99. The first-order chi connectivity index (χ1) is 7.24. The largest absolute Gasteiger partial charge is 0.384 e. The number of aromatic nitrogens is 4. The van der Waals surface area contributed by atoms with E-state index in [1.165, 1.54) is 0 Å². The Morgan fingerprint density at radius 2 is 2.33 bits per heavy atom. The highest BCUT2D eigenvalue weighted by Gasteiger charge is 2.15. The monoisotopic (exact) mass is 205 g/mol. The van der Waals surface area contributed by atoms with Crippen molar-refractivity contribution in [2.45, 2.75) is 19.8 Å². The number of hydrogen-bond donors (Lipinski definition) is 2. The fraction of sp³-hybridized carbons (Fsp3) is 0.400. The zero-order chi connectivity index (χ0) is 10.8. The summed E-state index contributed by atoms with van der Waals surface area (Å²) >= 11 is 0. The molecule has 0 amide bonds. The SMILES string of the molecule is CCCc1c(-c2ccn[nH]2)nn(C)c1N. The lowest BCUT2D eigenvalue weighted by atomic mass is 10.1. The smallest absolute Gasteiger partial charge is 0.125 e. The number of hydrogen-bond acceptors (Lipinski definition) is 3. The molecule has 3 N–H and O–H groups in total. The van der Waals surface area contributed by atoms with Crippen molar-refractivity contribution in [3.05, 3.63) is 17.8 Å². The molecule has 0 saturated heterocycles. The highest BCUT2D eigenvalue weighted by Crippen LogP contribution is 2.25. The van der Waals surface area contributed by atoms with Gasteiger partial charge in [-0.3, -0.25) is 9.78 Å². The highest BCUT2D eigenvalue weighted by molar-refractivity contribution is 5.65. The number of rotatable bonds is 3. The zero-order valence-electron chi connectivity index (χ0n) is 8.99. The average Bonchev–Trinajstić information content (AvgIpc) is 2.81. The van der Waals surface area contributed by atoms with E-state index in [0.29, 0.717) is 0 Å². The van der Waals surface area contributed by atoms with Crippen LogP contribution in [-0.4, -0.2) is 20.0 Å². The van der Waals surface area contributed by atoms with Crippen molar-refractivity contribution in [3.8, 4) is 11.4 Å². The molecule has 0 spiro atoms. The second-order valence-electron chi connectivity index (χ2n) is 3.56. The molecule has 0 fully saturated rings. The Morgan fingerprint density at radius 1 is 1.53 bits per heavy atom. The first kappa shape index (κ1) is 9.76. The van der Waals surface area contributed by atoms with Crippen molar-refractivity contribution < 1.29 is 0 Å². The Balaban J connectivity index is 2.51. The molecule has 0 aliphatic rings. The van der Waals surface area contributed by atoms with Crippen molar-refractivity contribution in [2.75, 3.05) is 5.73 Å². The van der Waals surface area contributed by atoms with Gasteiger partial charge in [0.2, 0.25) is 0 Å². The maximum absolute atomic E-state index is 5.96. The molecule has 2 rings (SSSR count). The first-order valence-corrected chi connectivity index (χ1v) is 5.05. The molecular weight excluding hydrogens is 190 g/mol. The maximum atomic E-state index is 5.96. The second-order valence-corrected chi connectivity index (χ2v) is 3.56. The summed E-state index contributed by atoms with van der Waals surface area (Å²) in [5.41, 5.74) is 8.90. The van der Waals surface area contributed by atoms with Crippen LogP contribution in [0.2, 0.25) is 0 Å². The van der Waals surface area contributed by atoms with Crippen LogP contribution in [0.15, 0.2) is 12.3 Å². The Hall–Kier alpha value is -1.78. The van der Waals surface area contributed by atoms with Crippen molar-refractivity contribution in [3.63, 3.8) is 0 Å². The lowest BCUT2D eigenvalue weighted by molar-refractivity contribution is 0.780. The second kappa shape index (κ2) is 3.76. The number of anilines is 1. The van der Waals surface area contributed by atoms with Gasteiger partial charge in [-0.05, 0) is 12.5 Å². The van der Waals surface area contributed by atoms with Gasteiger partial charge >= 0.3 is 0 Å². The maximum Gasteiger partial charge on any atom is 0.125 e. The molecule has 0 saturated carbocycles. The first-order valence-electron chi connectivity index (χ1n) is 5.05. The molecule has 0 aliphatic heterocycles. The van der Waals surface area contributed by atoms with Gasteiger partial charge in [-0.15, -0.1) is 0 Å². The molecule has 2 aromatic rings. The third kappa shape index (κ3) is 1.60. The van der Waals surface area contributed by atoms with Gasteiger partial charge in [-0.2, -0.15) is 10.2 Å². The Kier molecular flexibility index (Phi) is 2.45. The van der Waals surface area contributed by atoms with Crippen molar-refractivity contribution >= 4 is 5.82 Å². The molecule has 5 nitrogen and oxygen atoms in total. The summed E-state index contributed by atoms with van der Waals surface area (Å²) in [7, 11) is 1.86. The van der Waals surface area contributed by atoms with Crippen LogP contribution in [0.4, 0.5) is 5.82 Å². The van der Waals surface area contributed by atoms with Gasteiger partial charge in [-0.25, -0.2) is 0 Å². The predicted octanol–water partition coefficient (Wildman–Crippen LogP) is 1.34. The van der Waals surface area contributed by atoms with Crippen LogP contribution in [0.3, 0.4) is 0 Å². The normalized spacial score (nSPS) is 10.8. The van der Waals surface area contributed by atoms with E-state index in [-0.39, 0.29) is 0 Å².